The minimum Gasteiger partial charge on any atom is -0.316 e. The monoisotopic (exact) mass is 283 g/mol. The first-order chi connectivity index (χ1) is 9.12. The summed E-state index contributed by atoms with van der Waals surface area (Å²) in [5, 5.41) is 3.05. The van der Waals surface area contributed by atoms with E-state index in [1.165, 1.54) is 4.31 Å². The van der Waals surface area contributed by atoms with Crippen LogP contribution < -0.4 is 10.0 Å². The fraction of sp³-hybridized carbons (Fsp3) is 0.538. The number of nitrogens with zero attached hydrogens (tertiary/aromatic N) is 1. The molecular weight excluding hydrogens is 262 g/mol. The summed E-state index contributed by atoms with van der Waals surface area (Å²) in [4.78, 5) is 0. The molecule has 19 heavy (non-hydrogen) atoms. The maximum atomic E-state index is 12.2. The van der Waals surface area contributed by atoms with Crippen LogP contribution >= 0.6 is 0 Å². The number of anilines is 1. The lowest BCUT2D eigenvalue weighted by Crippen LogP contribution is -2.39. The lowest BCUT2D eigenvalue weighted by molar-refractivity contribution is 0.349. The highest BCUT2D eigenvalue weighted by molar-refractivity contribution is 7.90. The van der Waals surface area contributed by atoms with Crippen LogP contribution in [0.15, 0.2) is 24.3 Å². The zero-order valence-corrected chi connectivity index (χ0v) is 12.0. The normalized spacial score (nSPS) is 17.3. The molecule has 0 spiro atoms. The second-order valence-corrected chi connectivity index (χ2v) is 6.47. The van der Waals surface area contributed by atoms with Gasteiger partial charge in [0.2, 0.25) is 0 Å². The van der Waals surface area contributed by atoms with Gasteiger partial charge in [0.1, 0.15) is 0 Å². The minimum atomic E-state index is -3.41. The SMILES string of the molecule is CNCc1cccc(NS(=O)(=O)N2CCCCC2)c1. The summed E-state index contributed by atoms with van der Waals surface area (Å²) >= 11 is 0. The number of hydrogen-bond acceptors (Lipinski definition) is 3. The highest BCUT2D eigenvalue weighted by atomic mass is 32.2. The van der Waals surface area contributed by atoms with Crippen molar-refractivity contribution < 1.29 is 8.42 Å². The van der Waals surface area contributed by atoms with Crippen molar-refractivity contribution in [3.63, 3.8) is 0 Å². The third-order valence-corrected chi connectivity index (χ3v) is 4.75. The molecule has 1 heterocycles. The second kappa shape index (κ2) is 6.36. The molecule has 0 bridgehead atoms. The van der Waals surface area contributed by atoms with E-state index in [4.69, 9.17) is 0 Å². The first kappa shape index (κ1) is 14.3. The summed E-state index contributed by atoms with van der Waals surface area (Å²) in [5.74, 6) is 0. The molecule has 5 nitrogen and oxygen atoms in total. The van der Waals surface area contributed by atoms with Gasteiger partial charge in [0, 0.05) is 19.6 Å². The van der Waals surface area contributed by atoms with Crippen molar-refractivity contribution in [2.75, 3.05) is 24.9 Å². The molecule has 106 valence electrons. The summed E-state index contributed by atoms with van der Waals surface area (Å²) in [7, 11) is -1.54. The first-order valence-corrected chi connectivity index (χ1v) is 8.07. The van der Waals surface area contributed by atoms with Crippen molar-refractivity contribution in [2.24, 2.45) is 0 Å². The average Bonchev–Trinajstić information content (AvgIpc) is 2.40. The standard InChI is InChI=1S/C13H21N3O2S/c1-14-11-12-6-5-7-13(10-12)15-19(17,18)16-8-3-2-4-9-16/h5-7,10,14-15H,2-4,8-9,11H2,1H3. The Morgan fingerprint density at radius 2 is 1.95 bits per heavy atom. The van der Waals surface area contributed by atoms with Gasteiger partial charge in [-0.25, -0.2) is 0 Å². The van der Waals surface area contributed by atoms with Gasteiger partial charge in [0.15, 0.2) is 0 Å². The molecule has 1 aliphatic rings. The zero-order chi connectivity index (χ0) is 13.7. The van der Waals surface area contributed by atoms with Crippen LogP contribution in [0.25, 0.3) is 0 Å². The van der Waals surface area contributed by atoms with E-state index in [2.05, 4.69) is 10.0 Å². The molecule has 0 saturated carbocycles. The van der Waals surface area contributed by atoms with Gasteiger partial charge in [-0.05, 0) is 37.6 Å². The van der Waals surface area contributed by atoms with Gasteiger partial charge in [0.25, 0.3) is 0 Å². The number of hydrogen-bond donors (Lipinski definition) is 2. The van der Waals surface area contributed by atoms with Crippen LogP contribution in [0.4, 0.5) is 5.69 Å². The van der Waals surface area contributed by atoms with Crippen LogP contribution in [0.5, 0.6) is 0 Å². The lowest BCUT2D eigenvalue weighted by Gasteiger charge is -2.26. The van der Waals surface area contributed by atoms with Gasteiger partial charge in [0.05, 0.1) is 5.69 Å². The van der Waals surface area contributed by atoms with E-state index in [1.54, 1.807) is 6.07 Å². The number of nitrogens with one attached hydrogen (secondary N) is 2. The van der Waals surface area contributed by atoms with Crippen LogP contribution in [-0.4, -0.2) is 32.9 Å². The molecule has 1 aromatic carbocycles. The Balaban J connectivity index is 2.08. The summed E-state index contributed by atoms with van der Waals surface area (Å²) in [5.41, 5.74) is 1.68. The zero-order valence-electron chi connectivity index (χ0n) is 11.2. The van der Waals surface area contributed by atoms with E-state index in [9.17, 15) is 8.42 Å². The third kappa shape index (κ3) is 3.92. The molecule has 0 aliphatic carbocycles. The minimum absolute atomic E-state index is 0.617. The van der Waals surface area contributed by atoms with E-state index >= 15 is 0 Å². The lowest BCUT2D eigenvalue weighted by atomic mass is 10.2. The molecule has 1 saturated heterocycles. The van der Waals surface area contributed by atoms with E-state index in [0.717, 1.165) is 31.4 Å². The molecular formula is C13H21N3O2S. The Bertz CT molecular complexity index is 510. The molecule has 1 fully saturated rings. The van der Waals surface area contributed by atoms with Crippen molar-refractivity contribution in [3.8, 4) is 0 Å². The Hall–Kier alpha value is -1.11. The Morgan fingerprint density at radius 1 is 1.21 bits per heavy atom. The molecule has 0 unspecified atom stereocenters. The summed E-state index contributed by atoms with van der Waals surface area (Å²) in [6.07, 6.45) is 3.01. The summed E-state index contributed by atoms with van der Waals surface area (Å²) < 4.78 is 28.6. The van der Waals surface area contributed by atoms with Gasteiger partial charge in [-0.15, -0.1) is 0 Å². The van der Waals surface area contributed by atoms with Crippen molar-refractivity contribution >= 4 is 15.9 Å². The molecule has 0 amide bonds. The molecule has 2 rings (SSSR count). The fourth-order valence-electron chi connectivity index (χ4n) is 2.27. The third-order valence-electron chi connectivity index (χ3n) is 3.21. The van der Waals surface area contributed by atoms with Crippen LogP contribution in [-0.2, 0) is 16.8 Å². The Labute approximate surface area is 115 Å². The van der Waals surface area contributed by atoms with Gasteiger partial charge >= 0.3 is 10.2 Å². The fourth-order valence-corrected chi connectivity index (χ4v) is 3.56. The smallest absolute Gasteiger partial charge is 0.301 e. The molecule has 1 aromatic rings. The Kier molecular flexibility index (Phi) is 4.79. The molecule has 0 atom stereocenters. The van der Waals surface area contributed by atoms with Crippen molar-refractivity contribution in [1.82, 2.24) is 9.62 Å². The van der Waals surface area contributed by atoms with Gasteiger partial charge < -0.3 is 5.32 Å². The van der Waals surface area contributed by atoms with Crippen LogP contribution in [0, 0.1) is 0 Å². The second-order valence-electron chi connectivity index (χ2n) is 4.80. The number of rotatable bonds is 5. The van der Waals surface area contributed by atoms with Gasteiger partial charge in [-0.1, -0.05) is 18.6 Å². The van der Waals surface area contributed by atoms with Crippen LogP contribution in [0.1, 0.15) is 24.8 Å². The van der Waals surface area contributed by atoms with Gasteiger partial charge in [-0.3, -0.25) is 4.72 Å². The first-order valence-electron chi connectivity index (χ1n) is 6.63. The molecule has 1 aliphatic heterocycles. The largest absolute Gasteiger partial charge is 0.316 e. The van der Waals surface area contributed by atoms with E-state index in [-0.39, 0.29) is 0 Å². The van der Waals surface area contributed by atoms with E-state index in [0.29, 0.717) is 18.8 Å². The maximum absolute atomic E-state index is 12.2. The summed E-state index contributed by atoms with van der Waals surface area (Å²) in [6, 6.07) is 7.47. The summed E-state index contributed by atoms with van der Waals surface area (Å²) in [6.45, 7) is 1.95. The van der Waals surface area contributed by atoms with Gasteiger partial charge in [-0.2, -0.15) is 12.7 Å². The Morgan fingerprint density at radius 3 is 2.63 bits per heavy atom. The maximum Gasteiger partial charge on any atom is 0.301 e. The quantitative estimate of drug-likeness (QED) is 0.862. The predicted octanol–water partition coefficient (Wildman–Crippen LogP) is 1.55. The highest BCUT2D eigenvalue weighted by Gasteiger charge is 2.23. The van der Waals surface area contributed by atoms with E-state index < -0.39 is 10.2 Å². The van der Waals surface area contributed by atoms with Crippen molar-refractivity contribution in [2.45, 2.75) is 25.8 Å². The van der Waals surface area contributed by atoms with Crippen LogP contribution in [0.2, 0.25) is 0 Å². The van der Waals surface area contributed by atoms with Crippen molar-refractivity contribution in [3.05, 3.63) is 29.8 Å². The highest BCUT2D eigenvalue weighted by Crippen LogP contribution is 2.17. The van der Waals surface area contributed by atoms with Crippen LogP contribution in [0.3, 0.4) is 0 Å². The molecule has 0 radical (unpaired) electrons. The molecule has 0 aromatic heterocycles. The number of piperidine rings is 1. The topological polar surface area (TPSA) is 61.4 Å². The van der Waals surface area contributed by atoms with Crippen molar-refractivity contribution in [1.29, 1.82) is 0 Å². The predicted molar refractivity (Wildman–Crippen MR) is 77.2 cm³/mol. The van der Waals surface area contributed by atoms with E-state index in [1.807, 2.05) is 25.2 Å². The average molecular weight is 283 g/mol. The molecule has 6 heteroatoms. The molecule has 2 N–H and O–H groups in total. The number of benzene rings is 1.